The van der Waals surface area contributed by atoms with Gasteiger partial charge in [0.15, 0.2) is 5.13 Å². The predicted octanol–water partition coefficient (Wildman–Crippen LogP) is 2.07. The number of fused-ring (bicyclic) bond motifs is 1. The molecular formula is C8H12ClFO. The van der Waals surface area contributed by atoms with Crippen LogP contribution in [0.3, 0.4) is 0 Å². The van der Waals surface area contributed by atoms with Gasteiger partial charge in [0.25, 0.3) is 0 Å². The largest absolute Gasteiger partial charge is 0.393 e. The van der Waals surface area contributed by atoms with E-state index in [0.29, 0.717) is 19.3 Å². The highest BCUT2D eigenvalue weighted by Gasteiger charge is 2.77. The van der Waals surface area contributed by atoms with Crippen LogP contribution >= 0.6 is 11.6 Å². The van der Waals surface area contributed by atoms with Gasteiger partial charge in [-0.3, -0.25) is 0 Å². The number of rotatable bonds is 0. The van der Waals surface area contributed by atoms with Crippen molar-refractivity contribution in [2.24, 2.45) is 11.3 Å². The lowest BCUT2D eigenvalue weighted by Gasteiger charge is -2.19. The van der Waals surface area contributed by atoms with Crippen molar-refractivity contribution in [3.8, 4) is 0 Å². The first-order valence-corrected chi connectivity index (χ1v) is 4.30. The maximum absolute atomic E-state index is 13.5. The van der Waals surface area contributed by atoms with Crippen LogP contribution in [0.4, 0.5) is 4.39 Å². The molecule has 1 N–H and O–H groups in total. The van der Waals surface area contributed by atoms with E-state index in [4.69, 9.17) is 13.0 Å². The highest BCUT2D eigenvalue weighted by atomic mass is 35.5. The van der Waals surface area contributed by atoms with E-state index < -0.39 is 22.5 Å². The Morgan fingerprint density at radius 1 is 1.82 bits per heavy atom. The van der Waals surface area contributed by atoms with E-state index >= 15 is 0 Å². The van der Waals surface area contributed by atoms with E-state index in [1.165, 1.54) is 0 Å². The number of hydrogen-bond acceptors (Lipinski definition) is 1. The molecule has 0 bridgehead atoms. The number of halogens is 2. The quantitative estimate of drug-likeness (QED) is 0.565. The molecule has 0 radical (unpaired) electrons. The molecule has 0 aromatic rings. The predicted molar refractivity (Wildman–Crippen MR) is 41.1 cm³/mol. The Morgan fingerprint density at radius 3 is 2.91 bits per heavy atom. The Bertz CT molecular complexity index is 223. The average molecular weight is 180 g/mol. The zero-order valence-electron chi connectivity index (χ0n) is 7.40. The molecule has 2 fully saturated rings. The van der Waals surface area contributed by atoms with Gasteiger partial charge in [-0.05, 0) is 12.8 Å². The molecule has 4 atom stereocenters. The summed E-state index contributed by atoms with van der Waals surface area (Å²) in [6.45, 7) is 1.71. The minimum atomic E-state index is -1.85. The molecule has 0 aromatic carbocycles. The normalized spacial score (nSPS) is 70.2. The summed E-state index contributed by atoms with van der Waals surface area (Å²) >= 11 is 5.59. The zero-order valence-corrected chi connectivity index (χ0v) is 7.16. The molecule has 0 aromatic heterocycles. The minimum Gasteiger partial charge on any atom is -0.393 e. The molecule has 11 heavy (non-hydrogen) atoms. The second-order valence-corrected chi connectivity index (χ2v) is 4.37. The maximum Gasteiger partial charge on any atom is 0.195 e. The summed E-state index contributed by atoms with van der Waals surface area (Å²) in [5.41, 5.74) is -0.663. The first kappa shape index (κ1) is 6.67. The summed E-state index contributed by atoms with van der Waals surface area (Å²) < 4.78 is 21.0. The van der Waals surface area contributed by atoms with Gasteiger partial charge in [0.1, 0.15) is 0 Å². The lowest BCUT2D eigenvalue weighted by Crippen LogP contribution is -2.19. The van der Waals surface area contributed by atoms with E-state index in [1.807, 2.05) is 0 Å². The van der Waals surface area contributed by atoms with E-state index in [-0.39, 0.29) is 0 Å². The second kappa shape index (κ2) is 1.91. The smallest absolute Gasteiger partial charge is 0.195 e. The van der Waals surface area contributed by atoms with E-state index in [9.17, 15) is 9.50 Å². The van der Waals surface area contributed by atoms with Crippen molar-refractivity contribution in [1.29, 1.82) is 0 Å². The van der Waals surface area contributed by atoms with Crippen LogP contribution < -0.4 is 0 Å². The summed E-state index contributed by atoms with van der Waals surface area (Å²) in [7, 11) is 0. The molecule has 2 aliphatic rings. The van der Waals surface area contributed by atoms with Gasteiger partial charge in [-0.2, -0.15) is 0 Å². The Kier molecular flexibility index (Phi) is 1.16. The van der Waals surface area contributed by atoms with Crippen molar-refractivity contribution in [3.63, 3.8) is 0 Å². The fourth-order valence-corrected chi connectivity index (χ4v) is 2.77. The molecule has 1 unspecified atom stereocenters. The highest BCUT2D eigenvalue weighted by molar-refractivity contribution is 6.26. The number of aliphatic hydroxyl groups is 1. The molecule has 64 valence electrons. The van der Waals surface area contributed by atoms with Gasteiger partial charge >= 0.3 is 0 Å². The molecular weight excluding hydrogens is 167 g/mol. The summed E-state index contributed by atoms with van der Waals surface area (Å²) in [5, 5.41) is 7.68. The monoisotopic (exact) mass is 179 g/mol. The van der Waals surface area contributed by atoms with E-state index in [0.717, 1.165) is 0 Å². The van der Waals surface area contributed by atoms with Crippen molar-refractivity contribution in [1.82, 2.24) is 0 Å². The van der Waals surface area contributed by atoms with Gasteiger partial charge in [0.05, 0.1) is 7.45 Å². The number of alkyl halides is 2. The molecule has 2 rings (SSSR count). The lowest BCUT2D eigenvalue weighted by atomic mass is 9.88. The summed E-state index contributed by atoms with van der Waals surface area (Å²) in [6.07, 6.45) is 0.0550. The molecule has 0 aliphatic heterocycles. The van der Waals surface area contributed by atoms with Crippen LogP contribution in [0, 0.1) is 11.3 Å². The molecule has 2 aliphatic carbocycles. The second-order valence-electron chi connectivity index (χ2n) is 3.82. The topological polar surface area (TPSA) is 20.2 Å². The SMILES string of the molecule is [2H][C@]1(O)CCC[C@@]2(C)C1[C@@]2(F)Cl. The van der Waals surface area contributed by atoms with Crippen LogP contribution in [0.25, 0.3) is 0 Å². The third-order valence-electron chi connectivity index (χ3n) is 3.14. The summed E-state index contributed by atoms with van der Waals surface area (Å²) in [4.78, 5) is 0. The fraction of sp³-hybridized carbons (Fsp3) is 1.00. The van der Waals surface area contributed by atoms with Gasteiger partial charge in [0.2, 0.25) is 0 Å². The Morgan fingerprint density at radius 2 is 2.45 bits per heavy atom. The van der Waals surface area contributed by atoms with Crippen LogP contribution in [0.2, 0.25) is 0 Å². The van der Waals surface area contributed by atoms with E-state index in [2.05, 4.69) is 0 Å². The van der Waals surface area contributed by atoms with Crippen LogP contribution in [0.15, 0.2) is 0 Å². The summed E-state index contributed by atoms with van der Waals surface area (Å²) in [6, 6.07) is 0. The lowest BCUT2D eigenvalue weighted by molar-refractivity contribution is 0.0954. The van der Waals surface area contributed by atoms with Crippen molar-refractivity contribution >= 4 is 11.6 Å². The standard InChI is InChI=1S/C8H12ClFO/c1-7-4-2-3-5(11)6(7)8(7,9)10/h5-6,11H,2-4H2,1H3/t5-,6?,7-,8-/m0/s1/i5D. The molecule has 0 amide bonds. The molecule has 0 heterocycles. The first-order chi connectivity index (χ1) is 5.32. The zero-order chi connectivity index (χ0) is 9.20. The van der Waals surface area contributed by atoms with Crippen molar-refractivity contribution in [2.45, 2.75) is 37.4 Å². The van der Waals surface area contributed by atoms with Gasteiger partial charge in [-0.1, -0.05) is 24.9 Å². The molecule has 1 nitrogen and oxygen atoms in total. The van der Waals surface area contributed by atoms with Crippen LogP contribution in [0.5, 0.6) is 0 Å². The van der Waals surface area contributed by atoms with Gasteiger partial charge < -0.3 is 5.11 Å². The van der Waals surface area contributed by atoms with Crippen molar-refractivity contribution in [3.05, 3.63) is 0 Å². The van der Waals surface area contributed by atoms with E-state index in [1.54, 1.807) is 6.92 Å². The highest BCUT2D eigenvalue weighted by Crippen LogP contribution is 2.73. The van der Waals surface area contributed by atoms with Crippen LogP contribution in [-0.4, -0.2) is 16.3 Å². The summed E-state index contributed by atoms with van der Waals surface area (Å²) in [5.74, 6) is -0.701. The van der Waals surface area contributed by atoms with Crippen molar-refractivity contribution < 1.29 is 10.9 Å². The first-order valence-electron chi connectivity index (χ1n) is 4.42. The molecule has 2 saturated carbocycles. The fourth-order valence-electron chi connectivity index (χ4n) is 2.25. The van der Waals surface area contributed by atoms with Gasteiger partial charge in [0, 0.05) is 11.3 Å². The average Bonchev–Trinajstić information content (AvgIpc) is 2.26. The molecule has 0 spiro atoms. The Labute approximate surface area is 72.0 Å². The van der Waals surface area contributed by atoms with Crippen molar-refractivity contribution in [2.75, 3.05) is 0 Å². The third-order valence-corrected chi connectivity index (χ3v) is 3.79. The third kappa shape index (κ3) is 0.748. The minimum absolute atomic E-state index is 0.339. The Balaban J connectivity index is 2.31. The van der Waals surface area contributed by atoms with Gasteiger partial charge in [-0.15, -0.1) is 0 Å². The van der Waals surface area contributed by atoms with Gasteiger partial charge in [-0.25, -0.2) is 4.39 Å². The maximum atomic E-state index is 13.5. The molecule has 3 heteroatoms. The van der Waals surface area contributed by atoms with Crippen LogP contribution in [0.1, 0.15) is 27.6 Å². The number of hydrogen-bond donors (Lipinski definition) is 1. The Hall–Kier alpha value is 0.180. The van der Waals surface area contributed by atoms with Crippen LogP contribution in [-0.2, 0) is 0 Å². The molecule has 0 saturated heterocycles.